The summed E-state index contributed by atoms with van der Waals surface area (Å²) in [7, 11) is 0. The third-order valence-corrected chi connectivity index (χ3v) is 2.32. The molecule has 0 saturated heterocycles. The smallest absolute Gasteiger partial charge is 0.228 e. The highest BCUT2D eigenvalue weighted by Gasteiger charge is 2.05. The molecule has 1 amide bonds. The first kappa shape index (κ1) is 12.0. The number of benzene rings is 1. The Hall–Kier alpha value is -2.43. The highest BCUT2D eigenvalue weighted by molar-refractivity contribution is 5.92. The maximum Gasteiger partial charge on any atom is 0.228 e. The molecule has 0 aliphatic heterocycles. The van der Waals surface area contributed by atoms with E-state index < -0.39 is 0 Å². The number of hydrogen-bond acceptors (Lipinski definition) is 3. The van der Waals surface area contributed by atoms with E-state index in [2.05, 4.69) is 10.3 Å². The van der Waals surface area contributed by atoms with Gasteiger partial charge in [0.15, 0.2) is 0 Å². The largest absolute Gasteiger partial charge is 0.384 e. The van der Waals surface area contributed by atoms with Crippen LogP contribution in [-0.2, 0) is 11.2 Å². The van der Waals surface area contributed by atoms with E-state index in [1.165, 1.54) is 18.3 Å². The van der Waals surface area contributed by atoms with Crippen LogP contribution in [0.15, 0.2) is 42.6 Å². The fourth-order valence-electron chi connectivity index (χ4n) is 1.52. The number of nitrogens with one attached hydrogen (secondary N) is 1. The number of nitrogens with two attached hydrogens (primary N) is 1. The van der Waals surface area contributed by atoms with Gasteiger partial charge in [0.25, 0.3) is 0 Å². The van der Waals surface area contributed by atoms with Crippen LogP contribution in [0.3, 0.4) is 0 Å². The van der Waals surface area contributed by atoms with E-state index >= 15 is 0 Å². The van der Waals surface area contributed by atoms with E-state index in [4.69, 9.17) is 5.73 Å². The second-order valence-corrected chi connectivity index (χ2v) is 3.83. The van der Waals surface area contributed by atoms with Crippen molar-refractivity contribution in [2.24, 2.45) is 0 Å². The van der Waals surface area contributed by atoms with Crippen molar-refractivity contribution in [1.82, 2.24) is 4.98 Å². The van der Waals surface area contributed by atoms with Crippen LogP contribution in [0.1, 0.15) is 5.56 Å². The molecule has 0 fully saturated rings. The minimum absolute atomic E-state index is 0.113. The zero-order valence-electron chi connectivity index (χ0n) is 9.56. The lowest BCUT2D eigenvalue weighted by Crippen LogP contribution is -2.14. The first-order valence-electron chi connectivity index (χ1n) is 5.39. The van der Waals surface area contributed by atoms with Gasteiger partial charge in [0.05, 0.1) is 18.3 Å². The number of nitrogens with zero attached hydrogens (tertiary/aromatic N) is 1. The predicted molar refractivity (Wildman–Crippen MR) is 67.4 cm³/mol. The van der Waals surface area contributed by atoms with Crippen LogP contribution in [0.4, 0.5) is 15.9 Å². The van der Waals surface area contributed by atoms with Crippen molar-refractivity contribution in [3.63, 3.8) is 0 Å². The molecule has 92 valence electrons. The first-order valence-corrected chi connectivity index (χ1v) is 5.39. The second-order valence-electron chi connectivity index (χ2n) is 3.83. The van der Waals surface area contributed by atoms with E-state index in [-0.39, 0.29) is 18.1 Å². The summed E-state index contributed by atoms with van der Waals surface area (Å²) in [5.41, 5.74) is 6.61. The zero-order valence-corrected chi connectivity index (χ0v) is 9.56. The quantitative estimate of drug-likeness (QED) is 0.868. The zero-order chi connectivity index (χ0) is 13.0. The summed E-state index contributed by atoms with van der Waals surface area (Å²) in [4.78, 5) is 15.5. The van der Waals surface area contributed by atoms with Gasteiger partial charge in [-0.05, 0) is 29.8 Å². The number of carbonyl (C=O) groups is 1. The Balaban J connectivity index is 1.98. The van der Waals surface area contributed by atoms with E-state index in [1.54, 1.807) is 24.3 Å². The van der Waals surface area contributed by atoms with Gasteiger partial charge in [0, 0.05) is 0 Å². The Labute approximate surface area is 104 Å². The molecular formula is C13H12FN3O. The summed E-state index contributed by atoms with van der Waals surface area (Å²) >= 11 is 0. The van der Waals surface area contributed by atoms with Gasteiger partial charge in [-0.1, -0.05) is 12.1 Å². The Bertz CT molecular complexity index is 554. The average Bonchev–Trinajstić information content (AvgIpc) is 2.32. The summed E-state index contributed by atoms with van der Waals surface area (Å²) in [5, 5.41) is 2.66. The monoisotopic (exact) mass is 245 g/mol. The van der Waals surface area contributed by atoms with Gasteiger partial charge >= 0.3 is 0 Å². The highest BCUT2D eigenvalue weighted by atomic mass is 19.1. The lowest BCUT2D eigenvalue weighted by atomic mass is 10.1. The topological polar surface area (TPSA) is 68.0 Å². The van der Waals surface area contributed by atoms with Gasteiger partial charge in [-0.25, -0.2) is 9.37 Å². The minimum atomic E-state index is -0.352. The number of nitrogen functional groups attached to an aromatic ring is 1. The number of pyridine rings is 1. The molecule has 0 unspecified atom stereocenters. The highest BCUT2D eigenvalue weighted by Crippen LogP contribution is 2.09. The summed E-state index contributed by atoms with van der Waals surface area (Å²) in [5.74, 6) is -0.195. The van der Waals surface area contributed by atoms with Crippen LogP contribution in [0.5, 0.6) is 0 Å². The lowest BCUT2D eigenvalue weighted by Gasteiger charge is -2.05. The third kappa shape index (κ3) is 3.28. The average molecular weight is 245 g/mol. The van der Waals surface area contributed by atoms with Crippen molar-refractivity contribution in [2.75, 3.05) is 11.1 Å². The van der Waals surface area contributed by atoms with Crippen molar-refractivity contribution in [3.8, 4) is 0 Å². The molecule has 1 heterocycles. The van der Waals surface area contributed by atoms with Crippen molar-refractivity contribution in [3.05, 3.63) is 54.0 Å². The maximum atomic E-state index is 12.9. The van der Waals surface area contributed by atoms with Crippen LogP contribution in [0, 0.1) is 5.82 Å². The summed E-state index contributed by atoms with van der Waals surface area (Å²) in [6.07, 6.45) is 1.58. The number of rotatable bonds is 3. The molecular weight excluding hydrogens is 233 g/mol. The Morgan fingerprint density at radius 2 is 2.17 bits per heavy atom. The van der Waals surface area contributed by atoms with Crippen LogP contribution >= 0.6 is 0 Å². The van der Waals surface area contributed by atoms with E-state index in [9.17, 15) is 9.18 Å². The predicted octanol–water partition coefficient (Wildman–Crippen LogP) is 1.98. The summed E-state index contributed by atoms with van der Waals surface area (Å²) < 4.78 is 12.9. The van der Waals surface area contributed by atoms with Crippen LogP contribution in [-0.4, -0.2) is 10.9 Å². The number of halogens is 1. The van der Waals surface area contributed by atoms with Crippen molar-refractivity contribution in [1.29, 1.82) is 0 Å². The van der Waals surface area contributed by atoms with Gasteiger partial charge in [-0.15, -0.1) is 0 Å². The normalized spacial score (nSPS) is 10.1. The fourth-order valence-corrected chi connectivity index (χ4v) is 1.52. The number of hydrogen-bond donors (Lipinski definition) is 2. The number of amides is 1. The number of anilines is 2. The van der Waals surface area contributed by atoms with Crippen LogP contribution in [0.2, 0.25) is 0 Å². The molecule has 0 atom stereocenters. The van der Waals surface area contributed by atoms with Gasteiger partial charge in [0.1, 0.15) is 11.6 Å². The van der Waals surface area contributed by atoms with E-state index in [0.29, 0.717) is 17.1 Å². The molecule has 2 rings (SSSR count). The fraction of sp³-hybridized carbons (Fsp3) is 0.0769. The molecule has 0 spiro atoms. The third-order valence-electron chi connectivity index (χ3n) is 2.32. The molecule has 4 nitrogen and oxygen atoms in total. The van der Waals surface area contributed by atoms with E-state index in [0.717, 1.165) is 0 Å². The minimum Gasteiger partial charge on any atom is -0.384 e. The Morgan fingerprint density at radius 3 is 2.83 bits per heavy atom. The SMILES string of the molecule is Nc1ccc(NC(=O)Cc2cccc(F)c2)cn1. The van der Waals surface area contributed by atoms with E-state index in [1.807, 2.05) is 0 Å². The summed E-state index contributed by atoms with van der Waals surface area (Å²) in [6.45, 7) is 0. The Morgan fingerprint density at radius 1 is 1.33 bits per heavy atom. The van der Waals surface area contributed by atoms with Gasteiger partial charge < -0.3 is 11.1 Å². The van der Waals surface area contributed by atoms with Crippen molar-refractivity contribution in [2.45, 2.75) is 6.42 Å². The molecule has 0 saturated carbocycles. The molecule has 1 aromatic carbocycles. The molecule has 18 heavy (non-hydrogen) atoms. The van der Waals surface area contributed by atoms with Gasteiger partial charge in [-0.2, -0.15) is 0 Å². The van der Waals surface area contributed by atoms with Gasteiger partial charge in [-0.3, -0.25) is 4.79 Å². The number of carbonyl (C=O) groups excluding carboxylic acids is 1. The summed E-state index contributed by atoms with van der Waals surface area (Å²) in [6, 6.07) is 9.20. The number of aromatic nitrogens is 1. The van der Waals surface area contributed by atoms with Crippen LogP contribution < -0.4 is 11.1 Å². The van der Waals surface area contributed by atoms with Crippen molar-refractivity contribution >= 4 is 17.4 Å². The lowest BCUT2D eigenvalue weighted by molar-refractivity contribution is -0.115. The maximum absolute atomic E-state index is 12.9. The van der Waals surface area contributed by atoms with Gasteiger partial charge in [0.2, 0.25) is 5.91 Å². The standard InChI is InChI=1S/C13H12FN3O/c14-10-3-1-2-9(6-10)7-13(18)17-11-4-5-12(15)16-8-11/h1-6,8H,7H2,(H2,15,16)(H,17,18). The molecule has 5 heteroatoms. The second kappa shape index (κ2) is 5.27. The first-order chi connectivity index (χ1) is 8.63. The Kier molecular flexibility index (Phi) is 3.52. The molecule has 0 aliphatic carbocycles. The molecule has 0 bridgehead atoms. The molecule has 3 N–H and O–H groups in total. The molecule has 2 aromatic rings. The molecule has 0 aliphatic rings. The molecule has 0 radical (unpaired) electrons. The van der Waals surface area contributed by atoms with Crippen LogP contribution in [0.25, 0.3) is 0 Å². The molecule has 1 aromatic heterocycles. The van der Waals surface area contributed by atoms with Crippen molar-refractivity contribution < 1.29 is 9.18 Å².